The van der Waals surface area contributed by atoms with E-state index in [1.165, 1.54) is 11.1 Å². The third-order valence-corrected chi connectivity index (χ3v) is 4.35. The van der Waals surface area contributed by atoms with E-state index in [1.807, 2.05) is 19.9 Å². The Bertz CT molecular complexity index is 599. The predicted molar refractivity (Wildman–Crippen MR) is 85.1 cm³/mol. The number of carboxylic acids is 1. The average molecular weight is 285 g/mol. The lowest BCUT2D eigenvalue weighted by atomic mass is 9.77. The number of aliphatic carboxylic acids is 1. The Morgan fingerprint density at radius 3 is 2.57 bits per heavy atom. The summed E-state index contributed by atoms with van der Waals surface area (Å²) < 4.78 is 0. The van der Waals surface area contributed by atoms with Crippen LogP contribution in [0.2, 0.25) is 0 Å². The minimum atomic E-state index is -0.853. The largest absolute Gasteiger partial charge is 0.478 e. The predicted octanol–water partition coefficient (Wildman–Crippen LogP) is 3.32. The fraction of sp³-hybridized carbons (Fsp3) is 0.389. The van der Waals surface area contributed by atoms with Crippen molar-refractivity contribution in [3.63, 3.8) is 0 Å². The number of hydrogen-bond donors (Lipinski definition) is 2. The van der Waals surface area contributed by atoms with E-state index in [0.717, 1.165) is 30.5 Å². The van der Waals surface area contributed by atoms with Gasteiger partial charge < -0.3 is 10.4 Å². The first kappa shape index (κ1) is 15.4. The molecule has 0 amide bonds. The first-order chi connectivity index (χ1) is 10.1. The van der Waals surface area contributed by atoms with Gasteiger partial charge in [-0.3, -0.25) is 0 Å². The van der Waals surface area contributed by atoms with Crippen molar-refractivity contribution in [3.05, 3.63) is 58.3 Å². The summed E-state index contributed by atoms with van der Waals surface area (Å²) in [7, 11) is 1.77. The lowest BCUT2D eigenvalue weighted by Gasteiger charge is -2.28. The molecule has 112 valence electrons. The van der Waals surface area contributed by atoms with Crippen LogP contribution >= 0.6 is 0 Å². The summed E-state index contributed by atoms with van der Waals surface area (Å²) >= 11 is 0. The summed E-state index contributed by atoms with van der Waals surface area (Å²) in [6.45, 7) is 3.76. The number of allylic oxidation sites excluding steroid dienone is 2. The van der Waals surface area contributed by atoms with Crippen LogP contribution in [0.25, 0.3) is 0 Å². The number of nitrogens with one attached hydrogen (secondary N) is 1. The van der Waals surface area contributed by atoms with E-state index in [2.05, 4.69) is 29.6 Å². The maximum Gasteiger partial charge on any atom is 0.337 e. The Morgan fingerprint density at radius 1 is 1.33 bits per heavy atom. The van der Waals surface area contributed by atoms with Crippen LogP contribution in [-0.4, -0.2) is 18.1 Å². The van der Waals surface area contributed by atoms with Crippen LogP contribution in [0.15, 0.2) is 47.2 Å². The maximum absolute atomic E-state index is 11.6. The fourth-order valence-electron chi connectivity index (χ4n) is 3.17. The van der Waals surface area contributed by atoms with E-state index >= 15 is 0 Å². The van der Waals surface area contributed by atoms with Crippen molar-refractivity contribution in [1.29, 1.82) is 0 Å². The Balaban J connectivity index is 2.34. The SMILES string of the molecule is C/C=C(\C(C(=O)O)=C(/C)NC)C1CCc2ccccc2C1. The molecular weight excluding hydrogens is 262 g/mol. The van der Waals surface area contributed by atoms with E-state index in [-0.39, 0.29) is 5.92 Å². The van der Waals surface area contributed by atoms with E-state index < -0.39 is 5.97 Å². The van der Waals surface area contributed by atoms with Gasteiger partial charge in [0.05, 0.1) is 5.57 Å². The van der Waals surface area contributed by atoms with Crippen LogP contribution in [-0.2, 0) is 17.6 Å². The van der Waals surface area contributed by atoms with Gasteiger partial charge in [0.15, 0.2) is 0 Å². The molecule has 1 aromatic rings. The highest BCUT2D eigenvalue weighted by molar-refractivity contribution is 5.92. The van der Waals surface area contributed by atoms with Gasteiger partial charge in [-0.1, -0.05) is 30.3 Å². The molecule has 2 N–H and O–H groups in total. The van der Waals surface area contributed by atoms with Gasteiger partial charge >= 0.3 is 5.97 Å². The molecule has 0 saturated carbocycles. The van der Waals surface area contributed by atoms with Crippen LogP contribution in [0.1, 0.15) is 31.4 Å². The lowest BCUT2D eigenvalue weighted by molar-refractivity contribution is -0.132. The topological polar surface area (TPSA) is 49.3 Å². The Morgan fingerprint density at radius 2 is 2.00 bits per heavy atom. The molecule has 3 heteroatoms. The monoisotopic (exact) mass is 285 g/mol. The first-order valence-corrected chi connectivity index (χ1v) is 7.43. The number of fused-ring (bicyclic) bond motifs is 1. The summed E-state index contributed by atoms with van der Waals surface area (Å²) in [4.78, 5) is 11.6. The second-order valence-electron chi connectivity index (χ2n) is 5.51. The van der Waals surface area contributed by atoms with Gasteiger partial charge in [-0.2, -0.15) is 0 Å². The molecule has 0 aromatic heterocycles. The van der Waals surface area contributed by atoms with Crippen molar-refractivity contribution < 1.29 is 9.90 Å². The highest BCUT2D eigenvalue weighted by Gasteiger charge is 2.27. The molecule has 1 aromatic carbocycles. The minimum absolute atomic E-state index is 0.277. The number of hydrogen-bond acceptors (Lipinski definition) is 2. The Hall–Kier alpha value is -2.03. The molecule has 0 spiro atoms. The molecule has 1 atom stereocenters. The maximum atomic E-state index is 11.6. The molecule has 3 nitrogen and oxygen atoms in total. The first-order valence-electron chi connectivity index (χ1n) is 7.43. The zero-order chi connectivity index (χ0) is 15.4. The van der Waals surface area contributed by atoms with Crippen LogP contribution < -0.4 is 5.32 Å². The highest BCUT2D eigenvalue weighted by atomic mass is 16.4. The quantitative estimate of drug-likeness (QED) is 0.659. The fourth-order valence-corrected chi connectivity index (χ4v) is 3.17. The van der Waals surface area contributed by atoms with Gasteiger partial charge in [0.1, 0.15) is 0 Å². The summed E-state index contributed by atoms with van der Waals surface area (Å²) in [6, 6.07) is 8.46. The third kappa shape index (κ3) is 3.18. The van der Waals surface area contributed by atoms with Crippen LogP contribution in [0.4, 0.5) is 0 Å². The minimum Gasteiger partial charge on any atom is -0.478 e. The van der Waals surface area contributed by atoms with Gasteiger partial charge in [-0.15, -0.1) is 0 Å². The van der Waals surface area contributed by atoms with Gasteiger partial charge in [0.25, 0.3) is 0 Å². The van der Waals surface area contributed by atoms with E-state index in [9.17, 15) is 9.90 Å². The Kier molecular flexibility index (Phi) is 4.84. The standard InChI is InChI=1S/C18H23NO2/c1-4-16(17(18(20)21)12(2)19-3)15-10-9-13-7-5-6-8-14(13)11-15/h4-8,15,19H,9-11H2,1-3H3,(H,20,21)/b16-4-,17-12-. The molecule has 1 aliphatic rings. The van der Waals surface area contributed by atoms with Crippen LogP contribution in [0.5, 0.6) is 0 Å². The van der Waals surface area contributed by atoms with Crippen molar-refractivity contribution in [2.24, 2.45) is 5.92 Å². The van der Waals surface area contributed by atoms with Crippen molar-refractivity contribution >= 4 is 5.97 Å². The van der Waals surface area contributed by atoms with Crippen molar-refractivity contribution in [2.75, 3.05) is 7.05 Å². The van der Waals surface area contributed by atoms with E-state index in [0.29, 0.717) is 5.57 Å². The average Bonchev–Trinajstić information content (AvgIpc) is 2.50. The molecular formula is C18H23NO2. The van der Waals surface area contributed by atoms with Gasteiger partial charge in [-0.25, -0.2) is 4.79 Å². The number of carbonyl (C=O) groups is 1. The normalized spacial score (nSPS) is 19.6. The molecule has 1 unspecified atom stereocenters. The summed E-state index contributed by atoms with van der Waals surface area (Å²) in [6.07, 6.45) is 4.90. The summed E-state index contributed by atoms with van der Waals surface area (Å²) in [5.41, 5.74) is 4.83. The van der Waals surface area contributed by atoms with Crippen molar-refractivity contribution in [2.45, 2.75) is 33.1 Å². The Labute approximate surface area is 126 Å². The zero-order valence-corrected chi connectivity index (χ0v) is 12.9. The smallest absolute Gasteiger partial charge is 0.337 e. The second-order valence-corrected chi connectivity index (χ2v) is 5.51. The summed E-state index contributed by atoms with van der Waals surface area (Å²) in [5, 5.41) is 12.5. The highest BCUT2D eigenvalue weighted by Crippen LogP contribution is 2.34. The second kappa shape index (κ2) is 6.61. The lowest BCUT2D eigenvalue weighted by Crippen LogP contribution is -2.22. The molecule has 0 radical (unpaired) electrons. The number of aryl methyl sites for hydroxylation is 1. The number of rotatable bonds is 4. The van der Waals surface area contributed by atoms with E-state index in [4.69, 9.17) is 0 Å². The van der Waals surface area contributed by atoms with Crippen LogP contribution in [0, 0.1) is 5.92 Å². The van der Waals surface area contributed by atoms with E-state index in [1.54, 1.807) is 7.05 Å². The summed E-state index contributed by atoms with van der Waals surface area (Å²) in [5.74, 6) is -0.576. The third-order valence-electron chi connectivity index (χ3n) is 4.35. The van der Waals surface area contributed by atoms with Crippen LogP contribution in [0.3, 0.4) is 0 Å². The molecule has 0 bridgehead atoms. The number of carboxylic acid groups (broad SMARTS) is 1. The van der Waals surface area contributed by atoms with Gasteiger partial charge in [-0.05, 0) is 55.7 Å². The number of benzene rings is 1. The zero-order valence-electron chi connectivity index (χ0n) is 12.9. The molecule has 0 aliphatic heterocycles. The van der Waals surface area contributed by atoms with Gasteiger partial charge in [0, 0.05) is 12.7 Å². The molecule has 21 heavy (non-hydrogen) atoms. The molecule has 0 saturated heterocycles. The van der Waals surface area contributed by atoms with Gasteiger partial charge in [0.2, 0.25) is 0 Å². The molecule has 0 heterocycles. The van der Waals surface area contributed by atoms with Crippen molar-refractivity contribution in [3.8, 4) is 0 Å². The molecule has 1 aliphatic carbocycles. The molecule has 2 rings (SSSR count). The van der Waals surface area contributed by atoms with Crippen molar-refractivity contribution in [1.82, 2.24) is 5.32 Å². The molecule has 0 fully saturated rings.